The van der Waals surface area contributed by atoms with Gasteiger partial charge in [-0.2, -0.15) is 0 Å². The number of hydrogen-bond acceptors (Lipinski definition) is 4. The van der Waals surface area contributed by atoms with E-state index in [0.29, 0.717) is 18.0 Å². The van der Waals surface area contributed by atoms with Gasteiger partial charge < -0.3 is 10.0 Å². The molecule has 0 atom stereocenters. The second kappa shape index (κ2) is 5.07. The lowest BCUT2D eigenvalue weighted by Crippen LogP contribution is -2.33. The Balaban J connectivity index is 2.78. The number of thiazole rings is 1. The number of amides is 1. The Hall–Kier alpha value is -0.940. The third kappa shape index (κ3) is 2.30. The minimum absolute atomic E-state index is 0.00255. The summed E-state index contributed by atoms with van der Waals surface area (Å²) in [6.07, 6.45) is 0. The second-order valence-electron chi connectivity index (χ2n) is 2.88. The topological polar surface area (TPSA) is 53.4 Å². The van der Waals surface area contributed by atoms with Gasteiger partial charge in [-0.3, -0.25) is 4.79 Å². The van der Waals surface area contributed by atoms with E-state index in [1.165, 1.54) is 11.3 Å². The van der Waals surface area contributed by atoms with E-state index in [-0.39, 0.29) is 12.5 Å². The zero-order chi connectivity index (χ0) is 10.6. The van der Waals surface area contributed by atoms with Gasteiger partial charge in [0.2, 0.25) is 0 Å². The predicted molar refractivity (Wildman–Crippen MR) is 55.5 cm³/mol. The van der Waals surface area contributed by atoms with Crippen molar-refractivity contribution >= 4 is 17.2 Å². The van der Waals surface area contributed by atoms with Gasteiger partial charge in [-0.1, -0.05) is 0 Å². The van der Waals surface area contributed by atoms with Gasteiger partial charge in [-0.15, -0.1) is 11.3 Å². The molecule has 0 saturated carbocycles. The van der Waals surface area contributed by atoms with Crippen LogP contribution in [-0.2, 0) is 0 Å². The maximum atomic E-state index is 11.8. The first-order chi connectivity index (χ1) is 6.70. The van der Waals surface area contributed by atoms with Crippen molar-refractivity contribution in [3.8, 4) is 0 Å². The van der Waals surface area contributed by atoms with E-state index in [1.807, 2.05) is 13.8 Å². The number of aliphatic hydroxyl groups is 1. The molecule has 1 aromatic rings. The smallest absolute Gasteiger partial charge is 0.265 e. The van der Waals surface area contributed by atoms with Crippen LogP contribution in [0.15, 0.2) is 5.51 Å². The quantitative estimate of drug-likeness (QED) is 0.810. The van der Waals surface area contributed by atoms with Crippen molar-refractivity contribution in [2.45, 2.75) is 13.8 Å². The monoisotopic (exact) mass is 214 g/mol. The van der Waals surface area contributed by atoms with Crippen LogP contribution in [0.2, 0.25) is 0 Å². The lowest BCUT2D eigenvalue weighted by atomic mass is 10.3. The fraction of sp³-hybridized carbons (Fsp3) is 0.556. The number of carbonyl (C=O) groups excluding carboxylic acids is 1. The average Bonchev–Trinajstić information content (AvgIpc) is 2.59. The zero-order valence-electron chi connectivity index (χ0n) is 8.36. The Morgan fingerprint density at radius 3 is 2.86 bits per heavy atom. The maximum Gasteiger partial charge on any atom is 0.265 e. The minimum Gasteiger partial charge on any atom is -0.395 e. The lowest BCUT2D eigenvalue weighted by Gasteiger charge is -2.18. The molecule has 0 aliphatic carbocycles. The van der Waals surface area contributed by atoms with Crippen molar-refractivity contribution in [1.82, 2.24) is 9.88 Å². The van der Waals surface area contributed by atoms with Gasteiger partial charge in [0.15, 0.2) is 0 Å². The van der Waals surface area contributed by atoms with Gasteiger partial charge in [0.1, 0.15) is 4.88 Å². The molecule has 1 rings (SSSR count). The zero-order valence-corrected chi connectivity index (χ0v) is 9.17. The number of aryl methyl sites for hydroxylation is 1. The molecule has 1 heterocycles. The van der Waals surface area contributed by atoms with Crippen LogP contribution in [0.3, 0.4) is 0 Å². The molecule has 78 valence electrons. The molecule has 0 radical (unpaired) electrons. The Morgan fingerprint density at radius 1 is 1.71 bits per heavy atom. The number of hydrogen-bond donors (Lipinski definition) is 1. The van der Waals surface area contributed by atoms with Crippen LogP contribution in [0.4, 0.5) is 0 Å². The van der Waals surface area contributed by atoms with Gasteiger partial charge in [-0.25, -0.2) is 4.98 Å². The first-order valence-electron chi connectivity index (χ1n) is 4.51. The van der Waals surface area contributed by atoms with Crippen LogP contribution < -0.4 is 0 Å². The average molecular weight is 214 g/mol. The van der Waals surface area contributed by atoms with E-state index in [1.54, 1.807) is 10.4 Å². The van der Waals surface area contributed by atoms with Crippen molar-refractivity contribution in [3.63, 3.8) is 0 Å². The van der Waals surface area contributed by atoms with Crippen LogP contribution in [0.1, 0.15) is 22.3 Å². The molecule has 0 aliphatic rings. The van der Waals surface area contributed by atoms with Crippen molar-refractivity contribution in [2.24, 2.45) is 0 Å². The molecule has 0 aliphatic heterocycles. The standard InChI is InChI=1S/C9H14N2O2S/c1-3-11(4-5-12)9(13)8-7(2)10-6-14-8/h6,12H,3-5H2,1-2H3. The van der Waals surface area contributed by atoms with E-state index in [0.717, 1.165) is 5.69 Å². The van der Waals surface area contributed by atoms with Crippen LogP contribution in [0.5, 0.6) is 0 Å². The summed E-state index contributed by atoms with van der Waals surface area (Å²) in [6.45, 7) is 4.70. The van der Waals surface area contributed by atoms with Crippen molar-refractivity contribution in [2.75, 3.05) is 19.7 Å². The molecular formula is C9H14N2O2S. The van der Waals surface area contributed by atoms with Crippen LogP contribution in [0, 0.1) is 6.92 Å². The number of aromatic nitrogens is 1. The molecule has 14 heavy (non-hydrogen) atoms. The fourth-order valence-corrected chi connectivity index (χ4v) is 1.94. The van der Waals surface area contributed by atoms with Crippen LogP contribution in [0.25, 0.3) is 0 Å². The number of aliphatic hydroxyl groups excluding tert-OH is 1. The van der Waals surface area contributed by atoms with Crippen LogP contribution in [-0.4, -0.2) is 40.6 Å². The second-order valence-corrected chi connectivity index (χ2v) is 3.73. The van der Waals surface area contributed by atoms with Gasteiger partial charge in [-0.05, 0) is 13.8 Å². The summed E-state index contributed by atoms with van der Waals surface area (Å²) in [5.41, 5.74) is 2.42. The summed E-state index contributed by atoms with van der Waals surface area (Å²) in [7, 11) is 0. The number of likely N-dealkylation sites (N-methyl/N-ethyl adjacent to an activating group) is 1. The van der Waals surface area contributed by atoms with E-state index >= 15 is 0 Å². The molecule has 0 saturated heterocycles. The molecule has 0 spiro atoms. The van der Waals surface area contributed by atoms with Crippen molar-refractivity contribution < 1.29 is 9.90 Å². The predicted octanol–water partition coefficient (Wildman–Crippen LogP) is 0.906. The number of rotatable bonds is 4. The molecule has 1 amide bonds. The summed E-state index contributed by atoms with van der Waals surface area (Å²) in [5.74, 6) is -0.0402. The lowest BCUT2D eigenvalue weighted by molar-refractivity contribution is 0.0736. The summed E-state index contributed by atoms with van der Waals surface area (Å²) >= 11 is 1.34. The molecule has 1 aromatic heterocycles. The van der Waals surface area contributed by atoms with Gasteiger partial charge in [0.25, 0.3) is 5.91 Å². The molecule has 0 unspecified atom stereocenters. The molecule has 4 nitrogen and oxygen atoms in total. The molecule has 0 fully saturated rings. The van der Waals surface area contributed by atoms with E-state index in [2.05, 4.69) is 4.98 Å². The Morgan fingerprint density at radius 2 is 2.43 bits per heavy atom. The Bertz CT molecular complexity index is 312. The van der Waals surface area contributed by atoms with Gasteiger partial charge >= 0.3 is 0 Å². The van der Waals surface area contributed by atoms with E-state index in [9.17, 15) is 4.79 Å². The highest BCUT2D eigenvalue weighted by atomic mass is 32.1. The highest BCUT2D eigenvalue weighted by Crippen LogP contribution is 2.14. The largest absolute Gasteiger partial charge is 0.395 e. The molecular weight excluding hydrogens is 200 g/mol. The third-order valence-electron chi connectivity index (χ3n) is 1.98. The van der Waals surface area contributed by atoms with Gasteiger partial charge in [0, 0.05) is 13.1 Å². The highest BCUT2D eigenvalue weighted by molar-refractivity contribution is 7.11. The molecule has 0 bridgehead atoms. The molecule has 1 N–H and O–H groups in total. The fourth-order valence-electron chi connectivity index (χ4n) is 1.17. The van der Waals surface area contributed by atoms with Crippen molar-refractivity contribution in [3.05, 3.63) is 16.1 Å². The van der Waals surface area contributed by atoms with E-state index in [4.69, 9.17) is 5.11 Å². The summed E-state index contributed by atoms with van der Waals surface area (Å²) in [4.78, 5) is 18.1. The first-order valence-corrected chi connectivity index (χ1v) is 5.38. The maximum absolute atomic E-state index is 11.8. The van der Waals surface area contributed by atoms with Crippen molar-refractivity contribution in [1.29, 1.82) is 0 Å². The summed E-state index contributed by atoms with van der Waals surface area (Å²) in [5, 5.41) is 8.78. The van der Waals surface area contributed by atoms with E-state index < -0.39 is 0 Å². The Labute approximate surface area is 87.2 Å². The summed E-state index contributed by atoms with van der Waals surface area (Å²) < 4.78 is 0. The summed E-state index contributed by atoms with van der Waals surface area (Å²) in [6, 6.07) is 0. The number of nitrogens with zero attached hydrogens (tertiary/aromatic N) is 2. The first kappa shape index (κ1) is 11.1. The molecule has 5 heteroatoms. The van der Waals surface area contributed by atoms with Gasteiger partial charge in [0.05, 0.1) is 17.8 Å². The highest BCUT2D eigenvalue weighted by Gasteiger charge is 2.17. The third-order valence-corrected chi connectivity index (χ3v) is 2.90. The SMILES string of the molecule is CCN(CCO)C(=O)c1scnc1C. The normalized spacial score (nSPS) is 10.2. The van der Waals surface area contributed by atoms with Crippen LogP contribution >= 0.6 is 11.3 Å². The molecule has 0 aromatic carbocycles. The minimum atomic E-state index is -0.0402. The number of carbonyl (C=O) groups is 1. The Kier molecular flexibility index (Phi) is 4.03.